The minimum absolute atomic E-state index is 0.0674. The molecule has 1 heterocycles. The molecule has 4 nitrogen and oxygen atoms in total. The summed E-state index contributed by atoms with van der Waals surface area (Å²) in [5, 5.41) is 12.5. The molecule has 2 aromatic carbocycles. The highest BCUT2D eigenvalue weighted by molar-refractivity contribution is 7.99. The minimum Gasteiger partial charge on any atom is -0.508 e. The lowest BCUT2D eigenvalue weighted by Crippen LogP contribution is -2.32. The number of thioether (sulfide) groups is 1. The van der Waals surface area contributed by atoms with Crippen LogP contribution in [0.3, 0.4) is 0 Å². The van der Waals surface area contributed by atoms with Crippen LogP contribution in [-0.4, -0.2) is 40.5 Å². The van der Waals surface area contributed by atoms with E-state index < -0.39 is 0 Å². The molecule has 3 rings (SSSR count). The maximum absolute atomic E-state index is 12.3. The zero-order valence-corrected chi connectivity index (χ0v) is 14.4. The van der Waals surface area contributed by atoms with Crippen LogP contribution in [-0.2, 0) is 17.8 Å². The molecule has 1 aliphatic heterocycles. The zero-order valence-electron chi connectivity index (χ0n) is 13.6. The van der Waals surface area contributed by atoms with Gasteiger partial charge < -0.3 is 10.4 Å². The summed E-state index contributed by atoms with van der Waals surface area (Å²) >= 11 is 1.99. The number of carbonyl (C=O) groups is 1. The molecule has 0 atom stereocenters. The van der Waals surface area contributed by atoms with Crippen molar-refractivity contribution in [3.8, 4) is 5.75 Å². The second kappa shape index (κ2) is 8.22. The predicted molar refractivity (Wildman–Crippen MR) is 99.5 cm³/mol. The molecule has 0 unspecified atom stereocenters. The van der Waals surface area contributed by atoms with Crippen molar-refractivity contribution >= 4 is 23.4 Å². The average Bonchev–Trinajstić information content (AvgIpc) is 2.57. The number of benzene rings is 2. The normalized spacial score (nSPS) is 15.2. The number of hydrogen-bond donors (Lipinski definition) is 2. The number of aromatic hydroxyl groups is 1. The van der Waals surface area contributed by atoms with Crippen LogP contribution in [0.15, 0.2) is 48.5 Å². The number of nitrogens with one attached hydrogen (secondary N) is 1. The van der Waals surface area contributed by atoms with Gasteiger partial charge >= 0.3 is 0 Å². The van der Waals surface area contributed by atoms with E-state index in [4.69, 9.17) is 0 Å². The Morgan fingerprint density at radius 1 is 1.12 bits per heavy atom. The Morgan fingerprint density at radius 3 is 2.71 bits per heavy atom. The average molecular weight is 342 g/mol. The highest BCUT2D eigenvalue weighted by atomic mass is 32.2. The third kappa shape index (κ3) is 4.76. The molecule has 0 saturated carbocycles. The van der Waals surface area contributed by atoms with Gasteiger partial charge in [0, 0.05) is 36.8 Å². The lowest BCUT2D eigenvalue weighted by atomic mass is 10.1. The van der Waals surface area contributed by atoms with Gasteiger partial charge in [0.05, 0.1) is 6.42 Å². The van der Waals surface area contributed by atoms with Gasteiger partial charge in [-0.1, -0.05) is 30.3 Å². The molecular formula is C19H22N2O2S. The number of rotatable bonds is 5. The first-order valence-electron chi connectivity index (χ1n) is 8.16. The van der Waals surface area contributed by atoms with E-state index in [2.05, 4.69) is 16.3 Å². The Labute approximate surface area is 146 Å². The SMILES string of the molecule is O=C(Cc1cccc(O)c1)Nc1ccccc1CN1CCSCC1. The lowest BCUT2D eigenvalue weighted by molar-refractivity contribution is -0.115. The molecule has 0 bridgehead atoms. The summed E-state index contributed by atoms with van der Waals surface area (Å²) in [4.78, 5) is 14.8. The van der Waals surface area contributed by atoms with Crippen molar-refractivity contribution in [1.29, 1.82) is 0 Å². The first kappa shape index (κ1) is 16.9. The summed E-state index contributed by atoms with van der Waals surface area (Å²) in [7, 11) is 0. The summed E-state index contributed by atoms with van der Waals surface area (Å²) in [6, 6.07) is 14.8. The zero-order chi connectivity index (χ0) is 16.8. The van der Waals surface area contributed by atoms with Crippen molar-refractivity contribution in [2.45, 2.75) is 13.0 Å². The van der Waals surface area contributed by atoms with Gasteiger partial charge in [-0.3, -0.25) is 9.69 Å². The molecule has 126 valence electrons. The van der Waals surface area contributed by atoms with E-state index in [1.54, 1.807) is 18.2 Å². The summed E-state index contributed by atoms with van der Waals surface area (Å²) < 4.78 is 0. The van der Waals surface area contributed by atoms with E-state index in [0.717, 1.165) is 36.4 Å². The van der Waals surface area contributed by atoms with Gasteiger partial charge in [0.15, 0.2) is 0 Å². The third-order valence-corrected chi connectivity index (χ3v) is 5.01. The van der Waals surface area contributed by atoms with Crippen LogP contribution in [0, 0.1) is 0 Å². The first-order valence-corrected chi connectivity index (χ1v) is 9.32. The van der Waals surface area contributed by atoms with E-state index >= 15 is 0 Å². The molecule has 5 heteroatoms. The molecule has 2 aromatic rings. The third-order valence-electron chi connectivity index (χ3n) is 4.06. The van der Waals surface area contributed by atoms with E-state index in [9.17, 15) is 9.90 Å². The highest BCUT2D eigenvalue weighted by Crippen LogP contribution is 2.20. The Balaban J connectivity index is 1.64. The fraction of sp³-hybridized carbons (Fsp3) is 0.316. The van der Waals surface area contributed by atoms with Gasteiger partial charge in [0.2, 0.25) is 5.91 Å². The second-order valence-electron chi connectivity index (χ2n) is 5.94. The van der Waals surface area contributed by atoms with Crippen molar-refractivity contribution < 1.29 is 9.90 Å². The number of hydrogen-bond acceptors (Lipinski definition) is 4. The summed E-state index contributed by atoms with van der Waals surface area (Å²) in [6.45, 7) is 3.05. The molecular weight excluding hydrogens is 320 g/mol. The smallest absolute Gasteiger partial charge is 0.228 e. The summed E-state index contributed by atoms with van der Waals surface area (Å²) in [5.74, 6) is 2.46. The molecule has 1 saturated heterocycles. The van der Waals surface area contributed by atoms with Gasteiger partial charge in [-0.05, 0) is 29.3 Å². The monoisotopic (exact) mass is 342 g/mol. The van der Waals surface area contributed by atoms with Crippen LogP contribution in [0.25, 0.3) is 0 Å². The van der Waals surface area contributed by atoms with E-state index in [-0.39, 0.29) is 18.1 Å². The predicted octanol–water partition coefficient (Wildman–Crippen LogP) is 3.12. The molecule has 0 spiro atoms. The van der Waals surface area contributed by atoms with Crippen LogP contribution in [0.1, 0.15) is 11.1 Å². The Morgan fingerprint density at radius 2 is 1.92 bits per heavy atom. The van der Waals surface area contributed by atoms with Crippen LogP contribution in [0.2, 0.25) is 0 Å². The van der Waals surface area contributed by atoms with Gasteiger partial charge in [-0.25, -0.2) is 0 Å². The van der Waals surface area contributed by atoms with Crippen molar-refractivity contribution in [1.82, 2.24) is 4.90 Å². The van der Waals surface area contributed by atoms with E-state index in [1.165, 1.54) is 11.5 Å². The number of phenolic OH excluding ortho intramolecular Hbond substituents is 1. The maximum atomic E-state index is 12.3. The van der Waals surface area contributed by atoms with E-state index in [0.29, 0.717) is 0 Å². The minimum atomic E-state index is -0.0674. The number of carbonyl (C=O) groups excluding carboxylic acids is 1. The van der Waals surface area contributed by atoms with Crippen molar-refractivity contribution in [3.05, 3.63) is 59.7 Å². The Kier molecular flexibility index (Phi) is 5.77. The number of nitrogens with zero attached hydrogens (tertiary/aromatic N) is 1. The van der Waals surface area contributed by atoms with E-state index in [1.807, 2.05) is 36.0 Å². The van der Waals surface area contributed by atoms with Crippen molar-refractivity contribution in [3.63, 3.8) is 0 Å². The Hall–Kier alpha value is -1.98. The number of anilines is 1. The molecule has 0 radical (unpaired) electrons. The molecule has 1 aliphatic rings. The lowest BCUT2D eigenvalue weighted by Gasteiger charge is -2.27. The van der Waals surface area contributed by atoms with Crippen molar-refractivity contribution in [2.75, 3.05) is 29.9 Å². The molecule has 0 aromatic heterocycles. The van der Waals surface area contributed by atoms with Crippen LogP contribution in [0.4, 0.5) is 5.69 Å². The fourth-order valence-electron chi connectivity index (χ4n) is 2.83. The van der Waals surface area contributed by atoms with Crippen LogP contribution in [0.5, 0.6) is 5.75 Å². The van der Waals surface area contributed by atoms with Gasteiger partial charge in [0.1, 0.15) is 5.75 Å². The number of phenols is 1. The fourth-order valence-corrected chi connectivity index (χ4v) is 3.81. The maximum Gasteiger partial charge on any atom is 0.228 e. The topological polar surface area (TPSA) is 52.6 Å². The summed E-state index contributed by atoms with van der Waals surface area (Å²) in [6.07, 6.45) is 0.253. The quantitative estimate of drug-likeness (QED) is 0.877. The van der Waals surface area contributed by atoms with Crippen LogP contribution < -0.4 is 5.32 Å². The largest absolute Gasteiger partial charge is 0.508 e. The standard InChI is InChI=1S/C19H22N2O2S/c22-17-6-3-4-15(12-17)13-19(23)20-18-7-2-1-5-16(18)14-21-8-10-24-11-9-21/h1-7,12,22H,8-11,13-14H2,(H,20,23). The Bertz CT molecular complexity index is 699. The van der Waals surface area contributed by atoms with Gasteiger partial charge in [-0.15, -0.1) is 0 Å². The number of amides is 1. The molecule has 2 N–H and O–H groups in total. The molecule has 24 heavy (non-hydrogen) atoms. The highest BCUT2D eigenvalue weighted by Gasteiger charge is 2.14. The first-order chi connectivity index (χ1) is 11.7. The van der Waals surface area contributed by atoms with Crippen LogP contribution >= 0.6 is 11.8 Å². The summed E-state index contributed by atoms with van der Waals surface area (Å²) in [5.41, 5.74) is 2.83. The van der Waals surface area contributed by atoms with Gasteiger partial charge in [-0.2, -0.15) is 11.8 Å². The van der Waals surface area contributed by atoms with Crippen molar-refractivity contribution in [2.24, 2.45) is 0 Å². The second-order valence-corrected chi connectivity index (χ2v) is 7.17. The van der Waals surface area contributed by atoms with Gasteiger partial charge in [0.25, 0.3) is 0 Å². The molecule has 0 aliphatic carbocycles. The molecule has 1 fully saturated rings. The molecule has 1 amide bonds. The number of para-hydroxylation sites is 1.